The molecule has 2 rings (SSSR count). The van der Waals surface area contributed by atoms with Crippen molar-refractivity contribution >= 4 is 32.2 Å². The highest BCUT2D eigenvalue weighted by molar-refractivity contribution is 9.10. The van der Waals surface area contributed by atoms with Gasteiger partial charge in [0, 0.05) is 10.0 Å². The lowest BCUT2D eigenvalue weighted by Crippen LogP contribution is -1.98. The molecule has 0 aliphatic carbocycles. The minimum absolute atomic E-state index is 0.0314. The van der Waals surface area contributed by atoms with Crippen molar-refractivity contribution in [2.75, 3.05) is 0 Å². The summed E-state index contributed by atoms with van der Waals surface area (Å²) in [5.74, 6) is -0.0314. The molecular weight excluding hydrogens is 342 g/mol. The van der Waals surface area contributed by atoms with Crippen molar-refractivity contribution in [2.24, 2.45) is 4.40 Å². The molecule has 0 aliphatic heterocycles. The van der Waals surface area contributed by atoms with Crippen LogP contribution in [0, 0.1) is 6.92 Å². The van der Waals surface area contributed by atoms with Gasteiger partial charge in [-0.3, -0.25) is 0 Å². The summed E-state index contributed by atoms with van der Waals surface area (Å²) in [7, 11) is -3.76. The number of sulfonamides is 1. The van der Waals surface area contributed by atoms with E-state index >= 15 is 0 Å². The van der Waals surface area contributed by atoms with Crippen molar-refractivity contribution in [3.63, 3.8) is 0 Å². The van der Waals surface area contributed by atoms with Crippen LogP contribution in [0.3, 0.4) is 0 Å². The van der Waals surface area contributed by atoms with Gasteiger partial charge in [-0.05, 0) is 37.3 Å². The molecule has 20 heavy (non-hydrogen) atoms. The van der Waals surface area contributed by atoms with Gasteiger partial charge in [0.25, 0.3) is 10.0 Å². The van der Waals surface area contributed by atoms with Gasteiger partial charge in [0.15, 0.2) is 0 Å². The number of hydrogen-bond donors (Lipinski definition) is 1. The lowest BCUT2D eigenvalue weighted by molar-refractivity contribution is 0.474. The SMILES string of the molecule is Cc1ccc(S(=O)(=O)N=Cc2cc(Br)ccc2O)cc1. The Bertz CT molecular complexity index is 752. The van der Waals surface area contributed by atoms with Crippen LogP contribution in [0.25, 0.3) is 0 Å². The van der Waals surface area contributed by atoms with Gasteiger partial charge in [0.1, 0.15) is 5.75 Å². The molecule has 0 aliphatic rings. The number of phenolic OH excluding ortho intramolecular Hbond substituents is 1. The van der Waals surface area contributed by atoms with Gasteiger partial charge in [0.2, 0.25) is 0 Å². The molecule has 1 N–H and O–H groups in total. The molecule has 0 saturated heterocycles. The van der Waals surface area contributed by atoms with E-state index in [-0.39, 0.29) is 10.6 Å². The van der Waals surface area contributed by atoms with E-state index in [2.05, 4.69) is 20.3 Å². The molecule has 0 heterocycles. The van der Waals surface area contributed by atoms with Crippen molar-refractivity contribution in [2.45, 2.75) is 11.8 Å². The summed E-state index contributed by atoms with van der Waals surface area (Å²) in [6, 6.07) is 11.1. The Balaban J connectivity index is 2.34. The van der Waals surface area contributed by atoms with Gasteiger partial charge >= 0.3 is 0 Å². The number of phenols is 1. The lowest BCUT2D eigenvalue weighted by atomic mass is 10.2. The molecule has 2 aromatic carbocycles. The van der Waals surface area contributed by atoms with E-state index in [1.54, 1.807) is 24.3 Å². The number of halogens is 1. The Hall–Kier alpha value is -1.66. The zero-order chi connectivity index (χ0) is 14.8. The molecular formula is C14H12BrNO3S. The van der Waals surface area contributed by atoms with Crippen LogP contribution in [0.5, 0.6) is 5.75 Å². The number of aromatic hydroxyl groups is 1. The average Bonchev–Trinajstić information content (AvgIpc) is 2.40. The van der Waals surface area contributed by atoms with Crippen LogP contribution < -0.4 is 0 Å². The van der Waals surface area contributed by atoms with Crippen LogP contribution in [0.1, 0.15) is 11.1 Å². The van der Waals surface area contributed by atoms with Gasteiger partial charge in [0.05, 0.1) is 11.1 Å². The highest BCUT2D eigenvalue weighted by atomic mass is 79.9. The third-order valence-corrected chi connectivity index (χ3v) is 4.38. The molecule has 0 atom stereocenters. The van der Waals surface area contributed by atoms with Gasteiger partial charge in [-0.2, -0.15) is 12.8 Å². The molecule has 0 amide bonds. The molecule has 0 saturated carbocycles. The fourth-order valence-electron chi connectivity index (χ4n) is 1.53. The summed E-state index contributed by atoms with van der Waals surface area (Å²) < 4.78 is 28.4. The normalized spacial score (nSPS) is 11.9. The van der Waals surface area contributed by atoms with Gasteiger partial charge in [-0.15, -0.1) is 0 Å². The Morgan fingerprint density at radius 3 is 2.45 bits per heavy atom. The van der Waals surface area contributed by atoms with E-state index in [0.29, 0.717) is 5.56 Å². The maximum Gasteiger partial charge on any atom is 0.282 e. The molecule has 0 radical (unpaired) electrons. The van der Waals surface area contributed by atoms with Gasteiger partial charge in [-0.1, -0.05) is 33.6 Å². The second-order valence-corrected chi connectivity index (χ2v) is 6.77. The quantitative estimate of drug-likeness (QED) is 0.861. The second-order valence-electron chi connectivity index (χ2n) is 4.23. The number of aryl methyl sites for hydroxylation is 1. The fourth-order valence-corrected chi connectivity index (χ4v) is 2.76. The molecule has 6 heteroatoms. The number of hydrogen-bond acceptors (Lipinski definition) is 3. The Morgan fingerprint density at radius 1 is 1.15 bits per heavy atom. The minimum Gasteiger partial charge on any atom is -0.507 e. The number of benzene rings is 2. The largest absolute Gasteiger partial charge is 0.507 e. The zero-order valence-electron chi connectivity index (χ0n) is 10.6. The first-order valence-electron chi connectivity index (χ1n) is 5.74. The molecule has 4 nitrogen and oxygen atoms in total. The lowest BCUT2D eigenvalue weighted by Gasteiger charge is -2.01. The van der Waals surface area contributed by atoms with E-state index in [1.165, 1.54) is 18.2 Å². The number of rotatable bonds is 3. The summed E-state index contributed by atoms with van der Waals surface area (Å²) in [6.07, 6.45) is 1.13. The molecule has 0 fully saturated rings. The van der Waals surface area contributed by atoms with Crippen molar-refractivity contribution in [3.8, 4) is 5.75 Å². The monoisotopic (exact) mass is 353 g/mol. The van der Waals surface area contributed by atoms with E-state index in [1.807, 2.05) is 6.92 Å². The molecule has 0 bridgehead atoms. The van der Waals surface area contributed by atoms with Gasteiger partial charge < -0.3 is 5.11 Å². The Kier molecular flexibility index (Phi) is 4.25. The van der Waals surface area contributed by atoms with Crippen LogP contribution in [-0.4, -0.2) is 19.7 Å². The third-order valence-electron chi connectivity index (χ3n) is 2.64. The molecule has 0 aromatic heterocycles. The van der Waals surface area contributed by atoms with Crippen molar-refractivity contribution < 1.29 is 13.5 Å². The predicted octanol–water partition coefficient (Wildman–Crippen LogP) is 3.27. The van der Waals surface area contributed by atoms with E-state index in [0.717, 1.165) is 16.3 Å². The van der Waals surface area contributed by atoms with E-state index in [9.17, 15) is 13.5 Å². The maximum absolute atomic E-state index is 12.0. The summed E-state index contributed by atoms with van der Waals surface area (Å²) >= 11 is 3.25. The van der Waals surface area contributed by atoms with Crippen LogP contribution >= 0.6 is 15.9 Å². The van der Waals surface area contributed by atoms with Gasteiger partial charge in [-0.25, -0.2) is 0 Å². The van der Waals surface area contributed by atoms with Crippen molar-refractivity contribution in [1.82, 2.24) is 0 Å². The molecule has 2 aromatic rings. The fraction of sp³-hybridized carbons (Fsp3) is 0.0714. The zero-order valence-corrected chi connectivity index (χ0v) is 13.0. The van der Waals surface area contributed by atoms with Crippen LogP contribution in [0.15, 0.2) is 56.2 Å². The highest BCUT2D eigenvalue weighted by Gasteiger charge is 2.11. The predicted molar refractivity (Wildman–Crippen MR) is 81.8 cm³/mol. The first-order valence-corrected chi connectivity index (χ1v) is 7.97. The maximum atomic E-state index is 12.0. The van der Waals surface area contributed by atoms with E-state index < -0.39 is 10.0 Å². The first-order chi connectivity index (χ1) is 9.38. The minimum atomic E-state index is -3.76. The molecule has 0 unspecified atom stereocenters. The number of nitrogens with zero attached hydrogens (tertiary/aromatic N) is 1. The Labute approximate surface area is 126 Å². The average molecular weight is 354 g/mol. The third kappa shape index (κ3) is 3.46. The summed E-state index contributed by atoms with van der Waals surface area (Å²) in [4.78, 5) is 0.119. The van der Waals surface area contributed by atoms with Crippen LogP contribution in [0.2, 0.25) is 0 Å². The van der Waals surface area contributed by atoms with E-state index in [4.69, 9.17) is 0 Å². The molecule has 0 spiro atoms. The van der Waals surface area contributed by atoms with Crippen LogP contribution in [-0.2, 0) is 10.0 Å². The van der Waals surface area contributed by atoms with Crippen LogP contribution in [0.4, 0.5) is 0 Å². The summed E-state index contributed by atoms with van der Waals surface area (Å²) in [5.41, 5.74) is 1.30. The first kappa shape index (κ1) is 14.7. The Morgan fingerprint density at radius 2 is 1.80 bits per heavy atom. The van der Waals surface area contributed by atoms with Crippen molar-refractivity contribution in [1.29, 1.82) is 0 Å². The topological polar surface area (TPSA) is 66.7 Å². The second kappa shape index (κ2) is 5.76. The summed E-state index contributed by atoms with van der Waals surface area (Å²) in [5, 5.41) is 9.63. The summed E-state index contributed by atoms with van der Waals surface area (Å²) in [6.45, 7) is 1.87. The molecule has 104 valence electrons. The standard InChI is InChI=1S/C14H12BrNO3S/c1-10-2-5-13(6-3-10)20(18,19)16-9-11-8-12(15)4-7-14(11)17/h2-9,17H,1H3. The smallest absolute Gasteiger partial charge is 0.282 e. The highest BCUT2D eigenvalue weighted by Crippen LogP contribution is 2.21. The van der Waals surface area contributed by atoms with Crippen molar-refractivity contribution in [3.05, 3.63) is 58.1 Å².